The zero-order valence-electron chi connectivity index (χ0n) is 22.7. The Hall–Kier alpha value is -4.26. The molecular weight excluding hydrogens is 589 g/mol. The minimum absolute atomic E-state index is 0.0587. The molecule has 43 heavy (non-hydrogen) atoms. The third-order valence-electron chi connectivity index (χ3n) is 8.62. The molecule has 0 unspecified atom stereocenters. The number of alkyl halides is 2. The molecule has 1 spiro atoms. The number of pyridine rings is 2. The number of anilines is 2. The van der Waals surface area contributed by atoms with E-state index in [-0.39, 0.29) is 47.2 Å². The zero-order chi connectivity index (χ0) is 30.5. The van der Waals surface area contributed by atoms with E-state index in [1.807, 2.05) is 0 Å². The number of hydrogen-bond acceptors (Lipinski definition) is 7. The summed E-state index contributed by atoms with van der Waals surface area (Å²) in [5.41, 5.74) is -0.444. The second kappa shape index (κ2) is 11.1. The monoisotopic (exact) mass is 614 g/mol. The second-order valence-electron chi connectivity index (χ2n) is 11.2. The lowest BCUT2D eigenvalue weighted by Gasteiger charge is -2.47. The number of benzene rings is 1. The standard InChI is InChI=1S/C29H26ClF3N6O4/c30-17-9-20(25(26(32)33)35-11-17)27(40)36-19-4-1-16(2-5-19)13-38-23-10-18(31)3-6-21(23)29(28(38)41)14-37(15-29)24-12-34-8-7-22(24)39(42)43/h3,6-12,16,19,26H,1-2,4-5,13-15H2,(H,36,40)/t16-,19-. The Morgan fingerprint density at radius 1 is 1.14 bits per heavy atom. The highest BCUT2D eigenvalue weighted by Crippen LogP contribution is 2.50. The smallest absolute Gasteiger partial charge is 0.295 e. The number of aromatic nitrogens is 2. The largest absolute Gasteiger partial charge is 0.362 e. The summed E-state index contributed by atoms with van der Waals surface area (Å²) in [4.78, 5) is 48.7. The predicted molar refractivity (Wildman–Crippen MR) is 151 cm³/mol. The van der Waals surface area contributed by atoms with E-state index in [4.69, 9.17) is 11.6 Å². The van der Waals surface area contributed by atoms with Crippen molar-refractivity contribution in [2.45, 2.75) is 43.6 Å². The van der Waals surface area contributed by atoms with Crippen LogP contribution in [0.25, 0.3) is 0 Å². The first-order chi connectivity index (χ1) is 20.6. The fourth-order valence-electron chi connectivity index (χ4n) is 6.47. The molecule has 10 nitrogen and oxygen atoms in total. The van der Waals surface area contributed by atoms with Crippen molar-refractivity contribution < 1.29 is 27.7 Å². The number of halogens is 4. The Bertz CT molecular complexity index is 1610. The Kier molecular flexibility index (Phi) is 7.45. The SMILES string of the molecule is O=C(N[C@H]1CC[C@H](CN2C(=O)C3(CN(c4cnccc4[N+](=O)[O-])C3)c3ccc(F)cc32)CC1)c1cc(Cl)cnc1C(F)F. The summed E-state index contributed by atoms with van der Waals surface area (Å²) in [5.74, 6) is -1.27. The molecule has 2 fully saturated rings. The number of fused-ring (bicyclic) bond motifs is 2. The summed E-state index contributed by atoms with van der Waals surface area (Å²) in [6.45, 7) is 0.745. The summed E-state index contributed by atoms with van der Waals surface area (Å²) in [7, 11) is 0. The van der Waals surface area contributed by atoms with E-state index in [1.54, 1.807) is 15.9 Å². The molecule has 0 radical (unpaired) electrons. The maximum absolute atomic E-state index is 14.4. The summed E-state index contributed by atoms with van der Waals surface area (Å²) in [6, 6.07) is 6.51. The van der Waals surface area contributed by atoms with Crippen LogP contribution in [0, 0.1) is 21.8 Å². The molecule has 0 atom stereocenters. The third kappa shape index (κ3) is 5.15. The summed E-state index contributed by atoms with van der Waals surface area (Å²) in [6.07, 6.45) is 3.32. The Labute approximate surface area is 249 Å². The molecule has 1 saturated carbocycles. The maximum atomic E-state index is 14.4. The highest BCUT2D eigenvalue weighted by atomic mass is 35.5. The van der Waals surface area contributed by atoms with Crippen LogP contribution >= 0.6 is 11.6 Å². The van der Waals surface area contributed by atoms with Gasteiger partial charge in [0.2, 0.25) is 5.91 Å². The first-order valence-electron chi connectivity index (χ1n) is 13.8. The van der Waals surface area contributed by atoms with Gasteiger partial charge in [0.05, 0.1) is 27.4 Å². The number of nitro groups is 1. The molecule has 1 N–H and O–H groups in total. The van der Waals surface area contributed by atoms with Crippen molar-refractivity contribution in [3.8, 4) is 0 Å². The molecule has 224 valence electrons. The first-order valence-corrected chi connectivity index (χ1v) is 14.1. The van der Waals surface area contributed by atoms with Crippen LogP contribution in [0.5, 0.6) is 0 Å². The Morgan fingerprint density at radius 3 is 2.58 bits per heavy atom. The van der Waals surface area contributed by atoms with Crippen LogP contribution in [-0.2, 0) is 10.2 Å². The molecule has 1 saturated heterocycles. The number of carbonyl (C=O) groups excluding carboxylic acids is 2. The van der Waals surface area contributed by atoms with Crippen molar-refractivity contribution in [1.82, 2.24) is 15.3 Å². The average Bonchev–Trinajstić information content (AvgIpc) is 3.19. The minimum Gasteiger partial charge on any atom is -0.362 e. The molecule has 14 heteroatoms. The number of hydrogen-bond donors (Lipinski definition) is 1. The lowest BCUT2D eigenvalue weighted by molar-refractivity contribution is -0.384. The van der Waals surface area contributed by atoms with Crippen LogP contribution in [0.3, 0.4) is 0 Å². The Morgan fingerprint density at radius 2 is 1.88 bits per heavy atom. The van der Waals surface area contributed by atoms with Gasteiger partial charge in [0.25, 0.3) is 18.0 Å². The minimum atomic E-state index is -2.93. The van der Waals surface area contributed by atoms with Crippen LogP contribution in [0.2, 0.25) is 5.02 Å². The van der Waals surface area contributed by atoms with E-state index >= 15 is 0 Å². The molecular formula is C29H26ClF3N6O4. The second-order valence-corrected chi connectivity index (χ2v) is 11.7. The van der Waals surface area contributed by atoms with Crippen molar-refractivity contribution in [2.75, 3.05) is 29.4 Å². The van der Waals surface area contributed by atoms with Crippen LogP contribution in [0.4, 0.5) is 30.2 Å². The van der Waals surface area contributed by atoms with Gasteiger partial charge in [-0.25, -0.2) is 13.2 Å². The van der Waals surface area contributed by atoms with Gasteiger partial charge in [-0.15, -0.1) is 0 Å². The van der Waals surface area contributed by atoms with Gasteiger partial charge in [-0.3, -0.25) is 29.7 Å². The van der Waals surface area contributed by atoms with E-state index in [0.717, 1.165) is 6.20 Å². The van der Waals surface area contributed by atoms with E-state index < -0.39 is 34.2 Å². The van der Waals surface area contributed by atoms with Crippen LogP contribution in [0.1, 0.15) is 53.7 Å². The topological polar surface area (TPSA) is 122 Å². The molecule has 1 aliphatic carbocycles. The van der Waals surface area contributed by atoms with Gasteiger partial charge in [-0.2, -0.15) is 0 Å². The van der Waals surface area contributed by atoms with Crippen LogP contribution < -0.4 is 15.1 Å². The van der Waals surface area contributed by atoms with Crippen molar-refractivity contribution in [3.05, 3.63) is 86.7 Å². The quantitative estimate of drug-likeness (QED) is 0.286. The summed E-state index contributed by atoms with van der Waals surface area (Å²) < 4.78 is 41.1. The number of nitrogens with one attached hydrogen (secondary N) is 1. The van der Waals surface area contributed by atoms with Crippen molar-refractivity contribution in [2.24, 2.45) is 5.92 Å². The summed E-state index contributed by atoms with van der Waals surface area (Å²) in [5, 5.41) is 14.4. The first kappa shape index (κ1) is 28.8. The predicted octanol–water partition coefficient (Wildman–Crippen LogP) is 5.21. The van der Waals surface area contributed by atoms with Crippen LogP contribution in [0.15, 0.2) is 48.9 Å². The van der Waals surface area contributed by atoms with Gasteiger partial charge >= 0.3 is 0 Å². The van der Waals surface area contributed by atoms with Crippen molar-refractivity contribution >= 4 is 40.5 Å². The zero-order valence-corrected chi connectivity index (χ0v) is 23.4. The Balaban J connectivity index is 1.13. The lowest BCUT2D eigenvalue weighted by Crippen LogP contribution is -2.64. The van der Waals surface area contributed by atoms with Gasteiger partial charge in [-0.05, 0) is 55.4 Å². The van der Waals surface area contributed by atoms with Crippen molar-refractivity contribution in [3.63, 3.8) is 0 Å². The molecule has 4 heterocycles. The maximum Gasteiger partial charge on any atom is 0.295 e. The van der Waals surface area contributed by atoms with Crippen LogP contribution in [-0.4, -0.2) is 52.4 Å². The fourth-order valence-corrected chi connectivity index (χ4v) is 6.63. The molecule has 3 aliphatic rings. The van der Waals surface area contributed by atoms with E-state index in [1.165, 1.54) is 36.7 Å². The molecule has 2 aromatic heterocycles. The molecule has 2 aliphatic heterocycles. The molecule has 0 bridgehead atoms. The molecule has 2 amide bonds. The highest BCUT2D eigenvalue weighted by Gasteiger charge is 2.59. The van der Waals surface area contributed by atoms with Gasteiger partial charge in [-0.1, -0.05) is 17.7 Å². The van der Waals surface area contributed by atoms with E-state index in [9.17, 15) is 32.9 Å². The van der Waals surface area contributed by atoms with Gasteiger partial charge in [0, 0.05) is 44.1 Å². The molecule has 3 aromatic rings. The van der Waals surface area contributed by atoms with Gasteiger partial charge < -0.3 is 15.1 Å². The molecule has 6 rings (SSSR count). The number of nitrogens with zero attached hydrogens (tertiary/aromatic N) is 5. The number of carbonyl (C=O) groups is 2. The number of rotatable bonds is 7. The van der Waals surface area contributed by atoms with Crippen molar-refractivity contribution in [1.29, 1.82) is 0 Å². The van der Waals surface area contributed by atoms with E-state index in [0.29, 0.717) is 49.2 Å². The van der Waals surface area contributed by atoms with E-state index in [2.05, 4.69) is 15.3 Å². The number of amides is 2. The highest BCUT2D eigenvalue weighted by molar-refractivity contribution is 6.30. The summed E-state index contributed by atoms with van der Waals surface area (Å²) >= 11 is 5.88. The average molecular weight is 615 g/mol. The fraction of sp³-hybridized carbons (Fsp3) is 0.379. The third-order valence-corrected chi connectivity index (χ3v) is 8.82. The lowest BCUT2D eigenvalue weighted by atomic mass is 9.74. The molecule has 1 aromatic carbocycles. The normalized spacial score (nSPS) is 20.7. The van der Waals surface area contributed by atoms with Gasteiger partial charge in [0.1, 0.15) is 22.6 Å². The van der Waals surface area contributed by atoms with Gasteiger partial charge in [0.15, 0.2) is 0 Å².